The van der Waals surface area contributed by atoms with Crippen LogP contribution in [0.3, 0.4) is 0 Å². The van der Waals surface area contributed by atoms with Gasteiger partial charge in [0, 0.05) is 12.8 Å². The third-order valence-corrected chi connectivity index (χ3v) is 3.75. The van der Waals surface area contributed by atoms with Crippen molar-refractivity contribution in [3.63, 3.8) is 0 Å². The van der Waals surface area contributed by atoms with E-state index in [1.807, 2.05) is 18.2 Å². The molecule has 1 N–H and O–H groups in total. The Kier molecular flexibility index (Phi) is 3.14. The van der Waals surface area contributed by atoms with Crippen molar-refractivity contribution >= 4 is 0 Å². The highest BCUT2D eigenvalue weighted by atomic mass is 16.6. The zero-order chi connectivity index (χ0) is 11.7. The highest BCUT2D eigenvalue weighted by Crippen LogP contribution is 2.39. The van der Waals surface area contributed by atoms with E-state index in [1.165, 1.54) is 5.56 Å². The van der Waals surface area contributed by atoms with E-state index >= 15 is 0 Å². The Hall–Kier alpha value is -0.900. The van der Waals surface area contributed by atoms with Crippen molar-refractivity contribution in [2.24, 2.45) is 5.92 Å². The highest BCUT2D eigenvalue weighted by molar-refractivity contribution is 5.13. The van der Waals surface area contributed by atoms with Gasteiger partial charge in [-0.1, -0.05) is 30.3 Å². The average molecular weight is 234 g/mol. The normalized spacial score (nSPS) is 36.1. The lowest BCUT2D eigenvalue weighted by Crippen LogP contribution is -2.15. The van der Waals surface area contributed by atoms with Gasteiger partial charge in [-0.05, 0) is 17.9 Å². The van der Waals surface area contributed by atoms with Gasteiger partial charge >= 0.3 is 0 Å². The standard InChI is InChI=1S/C14H18O3/c15-14-7-11-6-12(8-13(11)17-14)16-9-10-4-2-1-3-5-10/h1-5,11-15H,6-9H2/t11-,12-,13-,14?/m1/s1. The Morgan fingerprint density at radius 3 is 2.76 bits per heavy atom. The van der Waals surface area contributed by atoms with Gasteiger partial charge in [-0.3, -0.25) is 0 Å². The lowest BCUT2D eigenvalue weighted by molar-refractivity contribution is -0.0982. The molecule has 3 nitrogen and oxygen atoms in total. The van der Waals surface area contributed by atoms with Crippen LogP contribution in [0.1, 0.15) is 24.8 Å². The molecular weight excluding hydrogens is 216 g/mol. The van der Waals surface area contributed by atoms with Crippen molar-refractivity contribution in [2.75, 3.05) is 0 Å². The molecule has 1 aliphatic carbocycles. The molecule has 3 heteroatoms. The summed E-state index contributed by atoms with van der Waals surface area (Å²) in [6, 6.07) is 10.2. The fraction of sp³-hybridized carbons (Fsp3) is 0.571. The van der Waals surface area contributed by atoms with E-state index in [0.29, 0.717) is 12.5 Å². The fourth-order valence-corrected chi connectivity index (χ4v) is 2.89. The summed E-state index contributed by atoms with van der Waals surface area (Å²) in [7, 11) is 0. The molecule has 1 saturated heterocycles. The van der Waals surface area contributed by atoms with Crippen LogP contribution in [0.4, 0.5) is 0 Å². The lowest BCUT2D eigenvalue weighted by Gasteiger charge is -2.13. The van der Waals surface area contributed by atoms with Gasteiger partial charge in [0.2, 0.25) is 0 Å². The van der Waals surface area contributed by atoms with Crippen molar-refractivity contribution in [2.45, 2.75) is 44.4 Å². The minimum absolute atomic E-state index is 0.214. The van der Waals surface area contributed by atoms with E-state index in [2.05, 4.69) is 12.1 Å². The maximum Gasteiger partial charge on any atom is 0.155 e. The predicted molar refractivity (Wildman–Crippen MR) is 63.2 cm³/mol. The minimum Gasteiger partial charge on any atom is -0.373 e. The summed E-state index contributed by atoms with van der Waals surface area (Å²) < 4.78 is 11.3. The van der Waals surface area contributed by atoms with Gasteiger partial charge in [-0.15, -0.1) is 0 Å². The number of ether oxygens (including phenoxy) is 2. The molecular formula is C14H18O3. The van der Waals surface area contributed by atoms with Crippen molar-refractivity contribution in [3.05, 3.63) is 35.9 Å². The van der Waals surface area contributed by atoms with Gasteiger partial charge < -0.3 is 14.6 Å². The molecule has 4 atom stereocenters. The van der Waals surface area contributed by atoms with Gasteiger partial charge in [0.05, 0.1) is 18.8 Å². The number of aliphatic hydroxyl groups is 1. The summed E-state index contributed by atoms with van der Waals surface area (Å²) in [5, 5.41) is 9.37. The van der Waals surface area contributed by atoms with Crippen molar-refractivity contribution in [1.82, 2.24) is 0 Å². The summed E-state index contributed by atoms with van der Waals surface area (Å²) in [6.45, 7) is 0.674. The number of benzene rings is 1. The number of hydrogen-bond donors (Lipinski definition) is 1. The first-order valence-electron chi connectivity index (χ1n) is 6.30. The van der Waals surface area contributed by atoms with Gasteiger partial charge in [0.25, 0.3) is 0 Å². The van der Waals surface area contributed by atoms with Crippen molar-refractivity contribution in [3.8, 4) is 0 Å². The second kappa shape index (κ2) is 4.77. The predicted octanol–water partition coefficient (Wildman–Crippen LogP) is 2.09. The SMILES string of the molecule is OC1C[C@H]2C[C@@H](OCc3ccccc3)C[C@H]2O1. The summed E-state index contributed by atoms with van der Waals surface area (Å²) in [4.78, 5) is 0. The van der Waals surface area contributed by atoms with E-state index < -0.39 is 6.29 Å². The quantitative estimate of drug-likeness (QED) is 0.870. The molecule has 92 valence electrons. The third-order valence-electron chi connectivity index (χ3n) is 3.75. The number of aliphatic hydroxyl groups excluding tert-OH is 1. The van der Waals surface area contributed by atoms with Crippen LogP contribution in [0, 0.1) is 5.92 Å². The average Bonchev–Trinajstić information content (AvgIpc) is 2.84. The van der Waals surface area contributed by atoms with Gasteiger partial charge in [0.15, 0.2) is 6.29 Å². The molecule has 1 aliphatic heterocycles. The molecule has 0 radical (unpaired) electrons. The van der Waals surface area contributed by atoms with E-state index in [4.69, 9.17) is 9.47 Å². The molecule has 1 unspecified atom stereocenters. The van der Waals surface area contributed by atoms with E-state index in [1.54, 1.807) is 0 Å². The molecule has 1 aromatic rings. The van der Waals surface area contributed by atoms with E-state index in [9.17, 15) is 5.11 Å². The first-order chi connectivity index (χ1) is 8.31. The molecule has 2 aliphatic rings. The van der Waals surface area contributed by atoms with Crippen LogP contribution < -0.4 is 0 Å². The van der Waals surface area contributed by atoms with Crippen LogP contribution >= 0.6 is 0 Å². The Morgan fingerprint density at radius 1 is 1.18 bits per heavy atom. The molecule has 0 spiro atoms. The van der Waals surface area contributed by atoms with E-state index in [-0.39, 0.29) is 12.2 Å². The van der Waals surface area contributed by atoms with Crippen LogP contribution in [0.15, 0.2) is 30.3 Å². The van der Waals surface area contributed by atoms with Crippen molar-refractivity contribution < 1.29 is 14.6 Å². The molecule has 1 aromatic carbocycles. The Bertz CT molecular complexity index is 351. The Balaban J connectivity index is 1.49. The molecule has 0 aromatic heterocycles. The van der Waals surface area contributed by atoms with Gasteiger partial charge in [-0.25, -0.2) is 0 Å². The second-order valence-electron chi connectivity index (χ2n) is 5.01. The zero-order valence-electron chi connectivity index (χ0n) is 9.79. The molecule has 3 rings (SSSR count). The Labute approximate surface area is 101 Å². The van der Waals surface area contributed by atoms with Crippen LogP contribution in [0.25, 0.3) is 0 Å². The fourth-order valence-electron chi connectivity index (χ4n) is 2.89. The third kappa shape index (κ3) is 2.51. The number of hydrogen-bond acceptors (Lipinski definition) is 3. The maximum absolute atomic E-state index is 9.37. The highest BCUT2D eigenvalue weighted by Gasteiger charge is 2.42. The molecule has 2 fully saturated rings. The topological polar surface area (TPSA) is 38.7 Å². The number of rotatable bonds is 3. The Morgan fingerprint density at radius 2 is 2.00 bits per heavy atom. The molecule has 0 amide bonds. The first kappa shape index (κ1) is 11.2. The summed E-state index contributed by atoms with van der Waals surface area (Å²) in [6.07, 6.45) is 2.68. The minimum atomic E-state index is -0.542. The largest absolute Gasteiger partial charge is 0.373 e. The summed E-state index contributed by atoms with van der Waals surface area (Å²) in [5.74, 6) is 0.491. The monoisotopic (exact) mass is 234 g/mol. The molecule has 1 heterocycles. The summed E-state index contributed by atoms with van der Waals surface area (Å²) in [5.41, 5.74) is 1.21. The summed E-state index contributed by atoms with van der Waals surface area (Å²) >= 11 is 0. The van der Waals surface area contributed by atoms with Crippen LogP contribution in [-0.2, 0) is 16.1 Å². The molecule has 1 saturated carbocycles. The lowest BCUT2D eigenvalue weighted by atomic mass is 10.0. The maximum atomic E-state index is 9.37. The van der Waals surface area contributed by atoms with Crippen molar-refractivity contribution in [1.29, 1.82) is 0 Å². The van der Waals surface area contributed by atoms with Gasteiger partial charge in [0.1, 0.15) is 0 Å². The van der Waals surface area contributed by atoms with Crippen LogP contribution in [-0.4, -0.2) is 23.6 Å². The first-order valence-corrected chi connectivity index (χ1v) is 6.30. The molecule has 0 bridgehead atoms. The smallest absolute Gasteiger partial charge is 0.155 e. The zero-order valence-corrected chi connectivity index (χ0v) is 9.79. The van der Waals surface area contributed by atoms with Crippen LogP contribution in [0.2, 0.25) is 0 Å². The second-order valence-corrected chi connectivity index (χ2v) is 5.01. The number of fused-ring (bicyclic) bond motifs is 1. The van der Waals surface area contributed by atoms with E-state index in [0.717, 1.165) is 19.3 Å². The van der Waals surface area contributed by atoms with Crippen LogP contribution in [0.5, 0.6) is 0 Å². The molecule has 17 heavy (non-hydrogen) atoms. The van der Waals surface area contributed by atoms with Gasteiger partial charge in [-0.2, -0.15) is 0 Å².